The minimum Gasteiger partial charge on any atom is -0.486 e. The van der Waals surface area contributed by atoms with E-state index in [-0.39, 0.29) is 41.8 Å². The quantitative estimate of drug-likeness (QED) is 0.234. The van der Waals surface area contributed by atoms with Crippen molar-refractivity contribution in [2.75, 3.05) is 24.1 Å². The molecule has 0 saturated heterocycles. The van der Waals surface area contributed by atoms with Crippen molar-refractivity contribution < 1.29 is 31.9 Å². The largest absolute Gasteiger partial charge is 0.486 e. The van der Waals surface area contributed by atoms with Crippen molar-refractivity contribution in [2.45, 2.75) is 43.8 Å². The second kappa shape index (κ2) is 14.5. The molecule has 0 unspecified atom stereocenters. The molecular weight excluding hydrogens is 609 g/mol. The van der Waals surface area contributed by atoms with E-state index in [0.29, 0.717) is 18.1 Å². The van der Waals surface area contributed by atoms with Gasteiger partial charge in [0.05, 0.1) is 10.6 Å². The molecule has 4 aromatic rings. The van der Waals surface area contributed by atoms with Crippen LogP contribution in [0.3, 0.4) is 0 Å². The highest BCUT2D eigenvalue weighted by molar-refractivity contribution is 7.92. The van der Waals surface area contributed by atoms with E-state index in [4.69, 9.17) is 9.47 Å². The van der Waals surface area contributed by atoms with Crippen LogP contribution in [0.2, 0.25) is 0 Å². The number of sulfonamides is 1. The first-order chi connectivity index (χ1) is 22.1. The second-order valence-electron chi connectivity index (χ2n) is 11.1. The molecule has 1 atom stereocenters. The molecule has 0 aromatic heterocycles. The first-order valence-corrected chi connectivity index (χ1v) is 16.4. The van der Waals surface area contributed by atoms with Gasteiger partial charge in [0.2, 0.25) is 11.8 Å². The minimum absolute atomic E-state index is 0.0308. The molecule has 46 heavy (non-hydrogen) atoms. The van der Waals surface area contributed by atoms with Crippen molar-refractivity contribution in [2.24, 2.45) is 0 Å². The Hall–Kier alpha value is -4.90. The molecule has 0 radical (unpaired) electrons. The third-order valence-corrected chi connectivity index (χ3v) is 9.21. The third kappa shape index (κ3) is 7.66. The Morgan fingerprint density at radius 1 is 0.848 bits per heavy atom. The van der Waals surface area contributed by atoms with E-state index < -0.39 is 40.2 Å². The average molecular weight is 646 g/mol. The molecule has 0 saturated carbocycles. The summed E-state index contributed by atoms with van der Waals surface area (Å²) >= 11 is 0. The summed E-state index contributed by atoms with van der Waals surface area (Å²) < 4.78 is 55.7. The topological polar surface area (TPSA) is 105 Å². The molecule has 0 bridgehead atoms. The normalized spacial score (nSPS) is 13.1. The van der Waals surface area contributed by atoms with Gasteiger partial charge in [-0.3, -0.25) is 13.9 Å². The van der Waals surface area contributed by atoms with E-state index in [2.05, 4.69) is 5.32 Å². The molecule has 1 aliphatic rings. The number of nitrogens with zero attached hydrogens (tertiary/aromatic N) is 2. The van der Waals surface area contributed by atoms with Crippen LogP contribution in [0.15, 0.2) is 108 Å². The predicted molar refractivity (Wildman–Crippen MR) is 173 cm³/mol. The van der Waals surface area contributed by atoms with E-state index in [1.165, 1.54) is 47.4 Å². The summed E-state index contributed by atoms with van der Waals surface area (Å²) in [5.41, 5.74) is 1.12. The van der Waals surface area contributed by atoms with Crippen LogP contribution < -0.4 is 19.1 Å². The van der Waals surface area contributed by atoms with Gasteiger partial charge in [-0.1, -0.05) is 66.7 Å². The van der Waals surface area contributed by atoms with Gasteiger partial charge < -0.3 is 19.7 Å². The Morgan fingerprint density at radius 3 is 2.15 bits per heavy atom. The maximum Gasteiger partial charge on any atom is 0.264 e. The zero-order valence-electron chi connectivity index (χ0n) is 25.6. The highest BCUT2D eigenvalue weighted by atomic mass is 32.2. The number of amides is 2. The summed E-state index contributed by atoms with van der Waals surface area (Å²) in [5.74, 6) is -0.903. The molecule has 9 nitrogen and oxygen atoms in total. The number of hydrogen-bond donors (Lipinski definition) is 1. The molecule has 5 rings (SSSR count). The lowest BCUT2D eigenvalue weighted by Crippen LogP contribution is -2.54. The fourth-order valence-electron chi connectivity index (χ4n) is 5.18. The number of anilines is 1. The smallest absolute Gasteiger partial charge is 0.264 e. The summed E-state index contributed by atoms with van der Waals surface area (Å²) in [6.07, 6.45) is 0.120. The van der Waals surface area contributed by atoms with Gasteiger partial charge in [0.1, 0.15) is 31.6 Å². The molecule has 240 valence electrons. The zero-order valence-corrected chi connectivity index (χ0v) is 26.5. The summed E-state index contributed by atoms with van der Waals surface area (Å²) in [7, 11) is -4.30. The summed E-state index contributed by atoms with van der Waals surface area (Å²) in [4.78, 5) is 29.5. The number of hydrogen-bond acceptors (Lipinski definition) is 6. The molecule has 0 fully saturated rings. The van der Waals surface area contributed by atoms with E-state index in [1.807, 2.05) is 30.3 Å². The van der Waals surface area contributed by atoms with Crippen molar-refractivity contribution in [3.05, 3.63) is 120 Å². The maximum absolute atomic E-state index is 15.0. The number of carbonyl (C=O) groups is 2. The van der Waals surface area contributed by atoms with Crippen LogP contribution in [0.1, 0.15) is 25.0 Å². The van der Waals surface area contributed by atoms with Crippen LogP contribution in [-0.2, 0) is 32.6 Å². The highest BCUT2D eigenvalue weighted by Crippen LogP contribution is 2.36. The number of carbonyl (C=O) groups excluding carboxylic acids is 2. The molecular formula is C35H36FN3O6S. The van der Waals surface area contributed by atoms with Crippen molar-refractivity contribution in [3.63, 3.8) is 0 Å². The third-order valence-electron chi connectivity index (χ3n) is 7.42. The van der Waals surface area contributed by atoms with Crippen LogP contribution in [-0.4, -0.2) is 57.0 Å². The number of benzene rings is 4. The number of nitrogens with one attached hydrogen (secondary N) is 1. The number of ether oxygens (including phenoxy) is 2. The monoisotopic (exact) mass is 645 g/mol. The molecule has 1 aliphatic heterocycles. The highest BCUT2D eigenvalue weighted by Gasteiger charge is 2.35. The molecule has 2 amide bonds. The minimum atomic E-state index is -4.30. The predicted octanol–water partition coefficient (Wildman–Crippen LogP) is 4.96. The molecule has 4 aromatic carbocycles. The van der Waals surface area contributed by atoms with E-state index >= 15 is 4.39 Å². The van der Waals surface area contributed by atoms with Gasteiger partial charge in [0.15, 0.2) is 11.5 Å². The van der Waals surface area contributed by atoms with Crippen LogP contribution >= 0.6 is 0 Å². The van der Waals surface area contributed by atoms with Gasteiger partial charge in [-0.25, -0.2) is 12.8 Å². The Kier molecular flexibility index (Phi) is 10.2. The Bertz CT molecular complexity index is 1770. The summed E-state index contributed by atoms with van der Waals surface area (Å²) in [5, 5.41) is 2.89. The van der Waals surface area contributed by atoms with Gasteiger partial charge in [-0.2, -0.15) is 0 Å². The number of halogens is 1. The number of rotatable bonds is 12. The van der Waals surface area contributed by atoms with Gasteiger partial charge in [0.25, 0.3) is 10.0 Å². The first kappa shape index (κ1) is 32.5. The number of fused-ring (bicyclic) bond motifs is 1. The van der Waals surface area contributed by atoms with Crippen molar-refractivity contribution in [3.8, 4) is 11.5 Å². The van der Waals surface area contributed by atoms with Gasteiger partial charge in [0, 0.05) is 30.6 Å². The Labute approximate surface area is 268 Å². The Morgan fingerprint density at radius 2 is 1.48 bits per heavy atom. The van der Waals surface area contributed by atoms with E-state index in [1.54, 1.807) is 44.2 Å². The SMILES string of the molecule is CC(C)NC(=O)[C@H](Cc1ccccc1)N(Cc1ccccc1F)C(=O)CN(c1ccc2c(c1)OCCO2)S(=O)(=O)c1ccccc1. The Balaban J connectivity index is 1.59. The van der Waals surface area contributed by atoms with Crippen LogP contribution in [0.5, 0.6) is 11.5 Å². The molecule has 1 heterocycles. The fraction of sp³-hybridized carbons (Fsp3) is 0.257. The summed E-state index contributed by atoms with van der Waals surface area (Å²) in [6.45, 7) is 3.29. The van der Waals surface area contributed by atoms with Crippen molar-refractivity contribution in [1.82, 2.24) is 10.2 Å². The van der Waals surface area contributed by atoms with Crippen LogP contribution in [0, 0.1) is 5.82 Å². The average Bonchev–Trinajstić information content (AvgIpc) is 3.06. The fourth-order valence-corrected chi connectivity index (χ4v) is 6.61. The van der Waals surface area contributed by atoms with Crippen LogP contribution in [0.25, 0.3) is 0 Å². The van der Waals surface area contributed by atoms with Gasteiger partial charge in [-0.15, -0.1) is 0 Å². The molecule has 0 spiro atoms. The lowest BCUT2D eigenvalue weighted by atomic mass is 10.0. The lowest BCUT2D eigenvalue weighted by Gasteiger charge is -2.34. The maximum atomic E-state index is 15.0. The van der Waals surface area contributed by atoms with E-state index in [9.17, 15) is 18.0 Å². The van der Waals surface area contributed by atoms with Crippen molar-refractivity contribution in [1.29, 1.82) is 0 Å². The summed E-state index contributed by atoms with van der Waals surface area (Å²) in [6, 6.07) is 26.2. The molecule has 11 heteroatoms. The standard InChI is InChI=1S/C35H36FN3O6S/c1-25(2)37-35(41)31(21-26-11-5-3-6-12-26)38(23-27-13-9-10-16-30(27)36)34(40)24-39(46(42,43)29-14-7-4-8-15-29)28-17-18-32-33(22-28)45-20-19-44-32/h3-18,22,25,31H,19-21,23-24H2,1-2H3,(H,37,41)/t31-/m0/s1. The van der Waals surface area contributed by atoms with Gasteiger partial charge in [-0.05, 0) is 49.7 Å². The van der Waals surface area contributed by atoms with Crippen molar-refractivity contribution >= 4 is 27.5 Å². The van der Waals surface area contributed by atoms with Gasteiger partial charge >= 0.3 is 0 Å². The molecule has 0 aliphatic carbocycles. The second-order valence-corrected chi connectivity index (χ2v) is 13.0. The first-order valence-electron chi connectivity index (χ1n) is 15.0. The zero-order chi connectivity index (χ0) is 32.7. The van der Waals surface area contributed by atoms with Crippen LogP contribution in [0.4, 0.5) is 10.1 Å². The lowest BCUT2D eigenvalue weighted by molar-refractivity contribution is -0.140. The molecule has 1 N–H and O–H groups in total. The van der Waals surface area contributed by atoms with E-state index in [0.717, 1.165) is 9.87 Å².